The summed E-state index contributed by atoms with van der Waals surface area (Å²) in [6.45, 7) is 4.53. The molecule has 4 heteroatoms. The number of esters is 1. The Hall–Kier alpha value is -1.32. The number of carboxylic acid groups (broad SMARTS) is 1. The fourth-order valence-corrected chi connectivity index (χ4v) is 5.70. The van der Waals surface area contributed by atoms with E-state index in [2.05, 4.69) is 26.0 Å². The maximum atomic E-state index is 12.4. The first-order valence-corrected chi connectivity index (χ1v) is 18.7. The molecule has 0 aromatic heterocycles. The number of carboxylic acids is 1. The van der Waals surface area contributed by atoms with Gasteiger partial charge in [0.05, 0.1) is 0 Å². The summed E-state index contributed by atoms with van der Waals surface area (Å²) in [5.41, 5.74) is 0. The van der Waals surface area contributed by atoms with Gasteiger partial charge >= 0.3 is 11.9 Å². The summed E-state index contributed by atoms with van der Waals surface area (Å²) in [5.74, 6) is -0.952. The van der Waals surface area contributed by atoms with E-state index in [9.17, 15) is 9.59 Å². The van der Waals surface area contributed by atoms with Crippen LogP contribution in [0.4, 0.5) is 0 Å². The SMILES string of the molecule is CCCCCCCC/C=C\CCCCCCCCCC(=O)OC(CCCCCCCCCCCCCC)CCC(=O)O. The van der Waals surface area contributed by atoms with Crippen molar-refractivity contribution in [3.63, 3.8) is 0 Å². The topological polar surface area (TPSA) is 63.6 Å². The van der Waals surface area contributed by atoms with Gasteiger partial charge in [-0.25, -0.2) is 0 Å². The number of carbonyl (C=O) groups is 2. The molecule has 0 bridgehead atoms. The van der Waals surface area contributed by atoms with Crippen LogP contribution in [0.25, 0.3) is 0 Å². The molecule has 0 aliphatic rings. The van der Waals surface area contributed by atoms with E-state index in [4.69, 9.17) is 9.84 Å². The van der Waals surface area contributed by atoms with E-state index in [-0.39, 0.29) is 18.5 Å². The smallest absolute Gasteiger partial charge is 0.306 e. The Morgan fingerprint density at radius 3 is 1.31 bits per heavy atom. The number of unbranched alkanes of at least 4 members (excludes halogenated alkanes) is 24. The third-order valence-corrected chi connectivity index (χ3v) is 8.50. The standard InChI is InChI=1S/C38H72O4/c1-3-5-7-9-11-13-15-17-18-19-20-21-23-25-27-29-31-33-38(41)42-36(34-35-37(39)40)32-30-28-26-24-22-16-14-12-10-8-6-4-2/h17-18,36H,3-16,19-35H2,1-2H3,(H,39,40)/b18-17-. The van der Waals surface area contributed by atoms with Crippen LogP contribution in [-0.4, -0.2) is 23.1 Å². The van der Waals surface area contributed by atoms with Gasteiger partial charge in [-0.1, -0.05) is 161 Å². The van der Waals surface area contributed by atoms with Gasteiger partial charge in [-0.2, -0.15) is 0 Å². The molecule has 0 aliphatic carbocycles. The van der Waals surface area contributed by atoms with Crippen molar-refractivity contribution < 1.29 is 19.4 Å². The van der Waals surface area contributed by atoms with Gasteiger partial charge in [-0.3, -0.25) is 9.59 Å². The Morgan fingerprint density at radius 1 is 0.500 bits per heavy atom. The van der Waals surface area contributed by atoms with E-state index in [0.717, 1.165) is 32.1 Å². The highest BCUT2D eigenvalue weighted by Gasteiger charge is 2.16. The van der Waals surface area contributed by atoms with Crippen molar-refractivity contribution in [3.05, 3.63) is 12.2 Å². The van der Waals surface area contributed by atoms with E-state index >= 15 is 0 Å². The molecule has 42 heavy (non-hydrogen) atoms. The van der Waals surface area contributed by atoms with Gasteiger partial charge in [0.15, 0.2) is 0 Å². The summed E-state index contributed by atoms with van der Waals surface area (Å²) < 4.78 is 5.72. The Balaban J connectivity index is 3.72. The van der Waals surface area contributed by atoms with Crippen molar-refractivity contribution >= 4 is 11.9 Å². The van der Waals surface area contributed by atoms with Crippen LogP contribution in [0.15, 0.2) is 12.2 Å². The van der Waals surface area contributed by atoms with Crippen molar-refractivity contribution in [1.82, 2.24) is 0 Å². The summed E-state index contributed by atoms with van der Waals surface area (Å²) in [7, 11) is 0. The van der Waals surface area contributed by atoms with E-state index in [1.54, 1.807) is 0 Å². The molecular weight excluding hydrogens is 520 g/mol. The van der Waals surface area contributed by atoms with E-state index in [0.29, 0.717) is 12.8 Å². The lowest BCUT2D eigenvalue weighted by atomic mass is 10.0. The fraction of sp³-hybridized carbons (Fsp3) is 0.895. The molecule has 0 radical (unpaired) electrons. The molecule has 1 unspecified atom stereocenters. The maximum absolute atomic E-state index is 12.4. The van der Waals surface area contributed by atoms with E-state index < -0.39 is 5.97 Å². The Bertz CT molecular complexity index is 600. The average molecular weight is 593 g/mol. The molecule has 0 aliphatic heterocycles. The van der Waals surface area contributed by atoms with E-state index in [1.165, 1.54) is 148 Å². The third kappa shape index (κ3) is 33.2. The first kappa shape index (κ1) is 40.7. The lowest BCUT2D eigenvalue weighted by Gasteiger charge is -2.17. The maximum Gasteiger partial charge on any atom is 0.306 e. The number of hydrogen-bond acceptors (Lipinski definition) is 3. The second-order valence-corrected chi connectivity index (χ2v) is 12.8. The zero-order valence-corrected chi connectivity index (χ0v) is 28.3. The normalized spacial score (nSPS) is 12.2. The molecule has 0 fully saturated rings. The van der Waals surface area contributed by atoms with Gasteiger partial charge in [-0.05, 0) is 51.4 Å². The number of hydrogen-bond donors (Lipinski definition) is 1. The largest absolute Gasteiger partial charge is 0.481 e. The summed E-state index contributed by atoms with van der Waals surface area (Å²) in [6, 6.07) is 0. The molecule has 0 rings (SSSR count). The molecule has 0 aromatic carbocycles. The number of aliphatic carboxylic acids is 1. The quantitative estimate of drug-likeness (QED) is 0.0458. The molecule has 1 atom stereocenters. The number of allylic oxidation sites excluding steroid dienone is 2. The zero-order valence-electron chi connectivity index (χ0n) is 28.3. The third-order valence-electron chi connectivity index (χ3n) is 8.50. The van der Waals surface area contributed by atoms with Crippen LogP contribution in [0.3, 0.4) is 0 Å². The molecule has 0 saturated carbocycles. The van der Waals surface area contributed by atoms with Crippen LogP contribution < -0.4 is 0 Å². The number of rotatable bonds is 34. The monoisotopic (exact) mass is 593 g/mol. The Labute approximate surface area is 262 Å². The van der Waals surface area contributed by atoms with Crippen molar-refractivity contribution in [2.24, 2.45) is 0 Å². The highest BCUT2D eigenvalue weighted by molar-refractivity contribution is 5.69. The van der Waals surface area contributed by atoms with Crippen LogP contribution in [0.1, 0.15) is 213 Å². The zero-order chi connectivity index (χ0) is 30.8. The minimum Gasteiger partial charge on any atom is -0.481 e. The van der Waals surface area contributed by atoms with Gasteiger partial charge < -0.3 is 9.84 Å². The molecule has 0 amide bonds. The van der Waals surface area contributed by atoms with Gasteiger partial charge in [0.2, 0.25) is 0 Å². The Morgan fingerprint density at radius 2 is 0.881 bits per heavy atom. The molecule has 1 N–H and O–H groups in total. The summed E-state index contributed by atoms with van der Waals surface area (Å²) in [5, 5.41) is 9.09. The molecular formula is C38H72O4. The van der Waals surface area contributed by atoms with Crippen LogP contribution in [0, 0.1) is 0 Å². The molecule has 4 nitrogen and oxygen atoms in total. The minimum absolute atomic E-state index is 0.0745. The first-order valence-electron chi connectivity index (χ1n) is 18.7. The van der Waals surface area contributed by atoms with E-state index in [1.807, 2.05) is 0 Å². The van der Waals surface area contributed by atoms with Gasteiger partial charge in [0.1, 0.15) is 6.10 Å². The molecule has 0 heterocycles. The summed E-state index contributed by atoms with van der Waals surface area (Å²) in [6.07, 6.45) is 40.8. The van der Waals surface area contributed by atoms with Crippen LogP contribution in [0.5, 0.6) is 0 Å². The van der Waals surface area contributed by atoms with Crippen LogP contribution >= 0.6 is 0 Å². The molecule has 0 spiro atoms. The second-order valence-electron chi connectivity index (χ2n) is 12.8. The van der Waals surface area contributed by atoms with Gasteiger partial charge in [0, 0.05) is 12.8 Å². The van der Waals surface area contributed by atoms with Crippen LogP contribution in [-0.2, 0) is 14.3 Å². The lowest BCUT2D eigenvalue weighted by Crippen LogP contribution is -2.19. The number of ether oxygens (including phenoxy) is 1. The highest BCUT2D eigenvalue weighted by atomic mass is 16.5. The lowest BCUT2D eigenvalue weighted by molar-refractivity contribution is -0.151. The molecule has 0 aromatic rings. The first-order chi connectivity index (χ1) is 20.6. The fourth-order valence-electron chi connectivity index (χ4n) is 5.70. The van der Waals surface area contributed by atoms with Crippen molar-refractivity contribution in [1.29, 1.82) is 0 Å². The molecule has 248 valence electrons. The molecule has 0 saturated heterocycles. The summed E-state index contributed by atoms with van der Waals surface area (Å²) >= 11 is 0. The van der Waals surface area contributed by atoms with Crippen molar-refractivity contribution in [3.8, 4) is 0 Å². The highest BCUT2D eigenvalue weighted by Crippen LogP contribution is 2.17. The second kappa shape index (κ2) is 34.2. The minimum atomic E-state index is -0.810. The Kier molecular flexibility index (Phi) is 33.1. The predicted molar refractivity (Wildman–Crippen MR) is 181 cm³/mol. The van der Waals surface area contributed by atoms with Crippen molar-refractivity contribution in [2.75, 3.05) is 0 Å². The summed E-state index contributed by atoms with van der Waals surface area (Å²) in [4.78, 5) is 23.5. The van der Waals surface area contributed by atoms with Gasteiger partial charge in [0.25, 0.3) is 0 Å². The average Bonchev–Trinajstić information content (AvgIpc) is 2.97. The predicted octanol–water partition coefficient (Wildman–Crippen LogP) is 12.7. The van der Waals surface area contributed by atoms with Gasteiger partial charge in [-0.15, -0.1) is 0 Å². The number of carbonyl (C=O) groups excluding carboxylic acids is 1. The van der Waals surface area contributed by atoms with Crippen LogP contribution in [0.2, 0.25) is 0 Å². The van der Waals surface area contributed by atoms with Crippen molar-refractivity contribution in [2.45, 2.75) is 219 Å².